The molecule has 1 aliphatic carbocycles. The summed E-state index contributed by atoms with van der Waals surface area (Å²) in [4.78, 5) is 12.1. The molecule has 0 spiro atoms. The molecule has 4 heteroatoms. The summed E-state index contributed by atoms with van der Waals surface area (Å²) in [6, 6.07) is 0.232. The van der Waals surface area contributed by atoms with Crippen molar-refractivity contribution in [2.24, 2.45) is 11.7 Å². The minimum Gasteiger partial charge on any atom is -0.350 e. The van der Waals surface area contributed by atoms with E-state index in [9.17, 15) is 4.79 Å². The minimum absolute atomic E-state index is 0. The first-order valence-electron chi connectivity index (χ1n) is 6.64. The Labute approximate surface area is 111 Å². The van der Waals surface area contributed by atoms with Crippen LogP contribution in [-0.4, -0.2) is 17.5 Å². The minimum atomic E-state index is 0. The largest absolute Gasteiger partial charge is 0.350 e. The molecule has 0 aliphatic heterocycles. The number of halogens is 1. The second kappa shape index (κ2) is 7.22. The lowest BCUT2D eigenvalue weighted by atomic mass is 9.89. The van der Waals surface area contributed by atoms with Gasteiger partial charge in [-0.25, -0.2) is 0 Å². The lowest BCUT2D eigenvalue weighted by Gasteiger charge is -2.33. The number of nitrogens with two attached hydrogens (primary N) is 1. The maximum absolute atomic E-state index is 12.1. The number of nitrogens with one attached hydrogen (secondary N) is 1. The zero-order chi connectivity index (χ0) is 12.2. The molecular weight excluding hydrogens is 236 g/mol. The SMILES string of the molecule is CCC(CC)(CC)NC(=O)C1CCC(N)C1.Cl. The molecule has 0 aromatic rings. The average Bonchev–Trinajstić information content (AvgIpc) is 2.73. The Morgan fingerprint density at radius 3 is 2.12 bits per heavy atom. The topological polar surface area (TPSA) is 55.1 Å². The van der Waals surface area contributed by atoms with E-state index in [0.717, 1.165) is 38.5 Å². The van der Waals surface area contributed by atoms with Crippen molar-refractivity contribution in [1.82, 2.24) is 5.32 Å². The summed E-state index contributed by atoms with van der Waals surface area (Å²) < 4.78 is 0. The van der Waals surface area contributed by atoms with Gasteiger partial charge in [0.25, 0.3) is 0 Å². The molecule has 17 heavy (non-hydrogen) atoms. The molecule has 1 rings (SSSR count). The average molecular weight is 263 g/mol. The molecule has 102 valence electrons. The van der Waals surface area contributed by atoms with E-state index >= 15 is 0 Å². The second-order valence-electron chi connectivity index (χ2n) is 5.10. The Morgan fingerprint density at radius 1 is 1.24 bits per heavy atom. The predicted molar refractivity (Wildman–Crippen MR) is 74.3 cm³/mol. The number of rotatable bonds is 5. The van der Waals surface area contributed by atoms with Crippen molar-refractivity contribution in [3.05, 3.63) is 0 Å². The molecular formula is C13H27ClN2O. The molecule has 1 fully saturated rings. The van der Waals surface area contributed by atoms with Gasteiger partial charge in [0.1, 0.15) is 0 Å². The van der Waals surface area contributed by atoms with Gasteiger partial charge in [-0.15, -0.1) is 12.4 Å². The fraction of sp³-hybridized carbons (Fsp3) is 0.923. The van der Waals surface area contributed by atoms with Crippen LogP contribution in [0.2, 0.25) is 0 Å². The van der Waals surface area contributed by atoms with Crippen molar-refractivity contribution in [3.63, 3.8) is 0 Å². The van der Waals surface area contributed by atoms with E-state index in [-0.39, 0.29) is 35.8 Å². The second-order valence-corrected chi connectivity index (χ2v) is 5.10. The quantitative estimate of drug-likeness (QED) is 0.800. The zero-order valence-corrected chi connectivity index (χ0v) is 12.1. The number of carbonyl (C=O) groups excluding carboxylic acids is 1. The number of hydrogen-bond acceptors (Lipinski definition) is 2. The highest BCUT2D eigenvalue weighted by atomic mass is 35.5. The molecule has 0 bridgehead atoms. The van der Waals surface area contributed by atoms with E-state index in [2.05, 4.69) is 26.1 Å². The summed E-state index contributed by atoms with van der Waals surface area (Å²) in [6.07, 6.45) is 5.83. The van der Waals surface area contributed by atoms with Crippen molar-refractivity contribution < 1.29 is 4.79 Å². The van der Waals surface area contributed by atoms with Gasteiger partial charge >= 0.3 is 0 Å². The van der Waals surface area contributed by atoms with Gasteiger partial charge in [-0.2, -0.15) is 0 Å². The molecule has 1 saturated carbocycles. The monoisotopic (exact) mass is 262 g/mol. The Balaban J connectivity index is 0.00000256. The van der Waals surface area contributed by atoms with Crippen LogP contribution in [0.5, 0.6) is 0 Å². The Hall–Kier alpha value is -0.280. The number of amides is 1. The first-order chi connectivity index (χ1) is 7.56. The molecule has 2 unspecified atom stereocenters. The van der Waals surface area contributed by atoms with Crippen molar-refractivity contribution in [2.45, 2.75) is 70.9 Å². The summed E-state index contributed by atoms with van der Waals surface area (Å²) in [7, 11) is 0. The molecule has 0 aromatic carbocycles. The lowest BCUT2D eigenvalue weighted by Crippen LogP contribution is -2.49. The first-order valence-corrected chi connectivity index (χ1v) is 6.64. The van der Waals surface area contributed by atoms with E-state index in [1.54, 1.807) is 0 Å². The molecule has 3 nitrogen and oxygen atoms in total. The van der Waals surface area contributed by atoms with Crippen molar-refractivity contribution in [2.75, 3.05) is 0 Å². The molecule has 1 aliphatic rings. The van der Waals surface area contributed by atoms with Gasteiger partial charge in [0.05, 0.1) is 0 Å². The Bertz CT molecular complexity index is 233. The summed E-state index contributed by atoms with van der Waals surface area (Å²) in [6.45, 7) is 6.44. The summed E-state index contributed by atoms with van der Waals surface area (Å²) in [5.74, 6) is 0.373. The van der Waals surface area contributed by atoms with E-state index < -0.39 is 0 Å². The lowest BCUT2D eigenvalue weighted by molar-refractivity contribution is -0.127. The van der Waals surface area contributed by atoms with Crippen LogP contribution in [0.3, 0.4) is 0 Å². The molecule has 0 heterocycles. The molecule has 3 N–H and O–H groups in total. The van der Waals surface area contributed by atoms with E-state index in [0.29, 0.717) is 0 Å². The van der Waals surface area contributed by atoms with Gasteiger partial charge in [-0.1, -0.05) is 20.8 Å². The van der Waals surface area contributed by atoms with E-state index in [4.69, 9.17) is 5.73 Å². The fourth-order valence-corrected chi connectivity index (χ4v) is 2.63. The van der Waals surface area contributed by atoms with Crippen LogP contribution in [0.15, 0.2) is 0 Å². The van der Waals surface area contributed by atoms with Crippen LogP contribution in [-0.2, 0) is 4.79 Å². The normalized spacial score (nSPS) is 24.2. The van der Waals surface area contributed by atoms with Crippen molar-refractivity contribution in [3.8, 4) is 0 Å². The van der Waals surface area contributed by atoms with E-state index in [1.165, 1.54) is 0 Å². The number of carbonyl (C=O) groups is 1. The highest BCUT2D eigenvalue weighted by Crippen LogP contribution is 2.26. The van der Waals surface area contributed by atoms with Gasteiger partial charge in [0.2, 0.25) is 5.91 Å². The maximum Gasteiger partial charge on any atom is 0.223 e. The third-order valence-electron chi connectivity index (χ3n) is 4.26. The standard InChI is InChI=1S/C13H26N2O.ClH/c1-4-13(5-2,6-3)15-12(16)10-7-8-11(14)9-10;/h10-11H,4-9,14H2,1-3H3,(H,15,16);1H. The number of hydrogen-bond donors (Lipinski definition) is 2. The van der Waals surface area contributed by atoms with Gasteiger partial charge in [0, 0.05) is 17.5 Å². The molecule has 0 aromatic heterocycles. The first kappa shape index (κ1) is 16.7. The highest BCUT2D eigenvalue weighted by molar-refractivity contribution is 5.85. The molecule has 0 radical (unpaired) electrons. The van der Waals surface area contributed by atoms with Gasteiger partial charge < -0.3 is 11.1 Å². The van der Waals surface area contributed by atoms with Crippen LogP contribution < -0.4 is 11.1 Å². The van der Waals surface area contributed by atoms with Gasteiger partial charge in [-0.3, -0.25) is 4.79 Å². The third kappa shape index (κ3) is 4.14. The summed E-state index contributed by atoms with van der Waals surface area (Å²) in [5.41, 5.74) is 5.85. The van der Waals surface area contributed by atoms with Crippen LogP contribution in [0, 0.1) is 5.92 Å². The summed E-state index contributed by atoms with van der Waals surface area (Å²) in [5, 5.41) is 3.25. The smallest absolute Gasteiger partial charge is 0.223 e. The predicted octanol–water partition coefficient (Wildman–Crippen LogP) is 2.62. The van der Waals surface area contributed by atoms with Crippen LogP contribution in [0.25, 0.3) is 0 Å². The molecule has 1 amide bonds. The summed E-state index contributed by atoms with van der Waals surface area (Å²) >= 11 is 0. The molecule has 0 saturated heterocycles. The Kier molecular flexibility index (Phi) is 7.10. The Morgan fingerprint density at radius 2 is 1.76 bits per heavy atom. The van der Waals surface area contributed by atoms with Crippen molar-refractivity contribution >= 4 is 18.3 Å². The van der Waals surface area contributed by atoms with E-state index in [1.807, 2.05) is 0 Å². The molecule has 2 atom stereocenters. The highest BCUT2D eigenvalue weighted by Gasteiger charge is 2.32. The van der Waals surface area contributed by atoms with Crippen LogP contribution in [0.4, 0.5) is 0 Å². The fourth-order valence-electron chi connectivity index (χ4n) is 2.63. The third-order valence-corrected chi connectivity index (χ3v) is 4.26. The zero-order valence-electron chi connectivity index (χ0n) is 11.3. The van der Waals surface area contributed by atoms with Gasteiger partial charge in [0.15, 0.2) is 0 Å². The maximum atomic E-state index is 12.1. The van der Waals surface area contributed by atoms with Crippen LogP contribution in [0.1, 0.15) is 59.3 Å². The van der Waals surface area contributed by atoms with Crippen molar-refractivity contribution in [1.29, 1.82) is 0 Å². The van der Waals surface area contributed by atoms with Gasteiger partial charge in [-0.05, 0) is 38.5 Å². The van der Waals surface area contributed by atoms with Crippen LogP contribution >= 0.6 is 12.4 Å².